The van der Waals surface area contributed by atoms with Crippen molar-refractivity contribution in [2.45, 2.75) is 38.5 Å². The van der Waals surface area contributed by atoms with Crippen molar-refractivity contribution in [1.29, 1.82) is 0 Å². The lowest BCUT2D eigenvalue weighted by Gasteiger charge is -2.34. The van der Waals surface area contributed by atoms with E-state index in [1.165, 1.54) is 4.90 Å². The fourth-order valence-corrected chi connectivity index (χ4v) is 3.98. The smallest absolute Gasteiger partial charge is 0.401 e. The van der Waals surface area contributed by atoms with E-state index in [0.29, 0.717) is 19.6 Å². The summed E-state index contributed by atoms with van der Waals surface area (Å²) in [4.78, 5) is 8.46. The molecule has 170 valence electrons. The molecule has 0 saturated carbocycles. The van der Waals surface area contributed by atoms with Crippen LogP contribution in [0.2, 0.25) is 0 Å². The number of ether oxygens (including phenoxy) is 1. The average Bonchev–Trinajstić information content (AvgIpc) is 3.12. The maximum absolute atomic E-state index is 12.6. The summed E-state index contributed by atoms with van der Waals surface area (Å²) in [6, 6.07) is 9.86. The van der Waals surface area contributed by atoms with Gasteiger partial charge in [-0.05, 0) is 37.9 Å². The number of likely N-dealkylation sites (tertiary alicyclic amines) is 2. The van der Waals surface area contributed by atoms with E-state index in [-0.39, 0.29) is 36.0 Å². The van der Waals surface area contributed by atoms with Crippen molar-refractivity contribution in [3.8, 4) is 5.75 Å². The molecule has 0 bridgehead atoms. The van der Waals surface area contributed by atoms with E-state index in [9.17, 15) is 13.2 Å². The predicted octanol–water partition coefficient (Wildman–Crippen LogP) is 4.00. The molecule has 0 radical (unpaired) electrons. The Kier molecular flexibility index (Phi) is 9.99. The highest BCUT2D eigenvalue weighted by molar-refractivity contribution is 14.0. The predicted molar refractivity (Wildman–Crippen MR) is 124 cm³/mol. The number of rotatable bonds is 6. The average molecular weight is 540 g/mol. The summed E-state index contributed by atoms with van der Waals surface area (Å²) >= 11 is 0. The Balaban J connectivity index is 0.00000320. The molecule has 2 aliphatic rings. The van der Waals surface area contributed by atoms with Crippen LogP contribution in [0.25, 0.3) is 0 Å². The number of piperidine rings is 1. The Morgan fingerprint density at radius 3 is 2.47 bits per heavy atom. The summed E-state index contributed by atoms with van der Waals surface area (Å²) < 4.78 is 43.7. The molecule has 0 aliphatic carbocycles. The minimum Gasteiger partial charge on any atom is -0.490 e. The summed E-state index contributed by atoms with van der Waals surface area (Å²) in [6.07, 6.45) is -1.32. The van der Waals surface area contributed by atoms with E-state index in [1.807, 2.05) is 37.3 Å². The summed E-state index contributed by atoms with van der Waals surface area (Å²) in [5, 5.41) is 3.33. The molecule has 1 unspecified atom stereocenters. The molecule has 1 atom stereocenters. The van der Waals surface area contributed by atoms with Crippen LogP contribution in [0.5, 0.6) is 5.75 Å². The number of halogens is 4. The Hall–Kier alpha value is -1.23. The zero-order chi connectivity index (χ0) is 20.7. The van der Waals surface area contributed by atoms with Crippen LogP contribution in [0.15, 0.2) is 35.3 Å². The van der Waals surface area contributed by atoms with Gasteiger partial charge in [0.15, 0.2) is 5.96 Å². The molecule has 2 aliphatic heterocycles. The quantitative estimate of drug-likeness (QED) is 0.337. The van der Waals surface area contributed by atoms with Gasteiger partial charge in [-0.1, -0.05) is 18.2 Å². The van der Waals surface area contributed by atoms with Crippen LogP contribution in [0.3, 0.4) is 0 Å². The summed E-state index contributed by atoms with van der Waals surface area (Å²) in [5.74, 6) is 1.95. The van der Waals surface area contributed by atoms with E-state index < -0.39 is 12.7 Å². The first-order valence-corrected chi connectivity index (χ1v) is 10.5. The highest BCUT2D eigenvalue weighted by atomic mass is 127. The maximum Gasteiger partial charge on any atom is 0.401 e. The third-order valence-corrected chi connectivity index (χ3v) is 5.39. The van der Waals surface area contributed by atoms with Gasteiger partial charge in [0.05, 0.1) is 6.54 Å². The van der Waals surface area contributed by atoms with Gasteiger partial charge in [0.1, 0.15) is 11.9 Å². The van der Waals surface area contributed by atoms with Crippen molar-refractivity contribution in [1.82, 2.24) is 15.1 Å². The van der Waals surface area contributed by atoms with Crippen LogP contribution in [0, 0.1) is 5.92 Å². The van der Waals surface area contributed by atoms with Gasteiger partial charge in [-0.15, -0.1) is 24.0 Å². The molecule has 0 aromatic heterocycles. The molecule has 1 N–H and O–H groups in total. The van der Waals surface area contributed by atoms with E-state index >= 15 is 0 Å². The number of nitrogens with one attached hydrogen (secondary N) is 1. The fraction of sp³-hybridized carbons (Fsp3) is 0.667. The Morgan fingerprint density at radius 1 is 1.13 bits per heavy atom. The Labute approximate surface area is 194 Å². The molecule has 1 aromatic carbocycles. The number of para-hydroxylation sites is 1. The Bertz CT molecular complexity index is 651. The van der Waals surface area contributed by atoms with E-state index in [2.05, 4.69) is 10.2 Å². The van der Waals surface area contributed by atoms with Crippen LogP contribution in [0.1, 0.15) is 26.2 Å². The first-order chi connectivity index (χ1) is 13.9. The van der Waals surface area contributed by atoms with Gasteiger partial charge in [-0.25, -0.2) is 0 Å². The van der Waals surface area contributed by atoms with Crippen molar-refractivity contribution in [2.24, 2.45) is 10.9 Å². The Morgan fingerprint density at radius 2 is 1.83 bits per heavy atom. The first kappa shape index (κ1) is 25.0. The number of nitrogens with zero attached hydrogens (tertiary/aromatic N) is 3. The molecule has 2 saturated heterocycles. The largest absolute Gasteiger partial charge is 0.490 e. The molecule has 3 rings (SSSR count). The topological polar surface area (TPSA) is 40.1 Å². The molecule has 5 nitrogen and oxygen atoms in total. The van der Waals surface area contributed by atoms with Crippen molar-refractivity contribution < 1.29 is 17.9 Å². The number of hydrogen-bond acceptors (Lipinski definition) is 3. The fourth-order valence-electron chi connectivity index (χ4n) is 3.98. The van der Waals surface area contributed by atoms with Gasteiger partial charge >= 0.3 is 6.18 Å². The molecule has 1 aromatic rings. The third-order valence-electron chi connectivity index (χ3n) is 5.39. The number of guanidine groups is 1. The van der Waals surface area contributed by atoms with Crippen molar-refractivity contribution >= 4 is 29.9 Å². The highest BCUT2D eigenvalue weighted by Crippen LogP contribution is 2.23. The second kappa shape index (κ2) is 12.0. The van der Waals surface area contributed by atoms with E-state index in [1.54, 1.807) is 0 Å². The van der Waals surface area contributed by atoms with Crippen molar-refractivity contribution in [2.75, 3.05) is 45.8 Å². The zero-order valence-electron chi connectivity index (χ0n) is 17.4. The summed E-state index contributed by atoms with van der Waals surface area (Å²) in [5.41, 5.74) is 0. The number of benzene rings is 1. The maximum atomic E-state index is 12.6. The number of aliphatic imine (C=N–C) groups is 1. The molecule has 0 amide bonds. The highest BCUT2D eigenvalue weighted by Gasteiger charge is 2.34. The van der Waals surface area contributed by atoms with Crippen molar-refractivity contribution in [3.05, 3.63) is 30.3 Å². The van der Waals surface area contributed by atoms with Gasteiger partial charge < -0.3 is 15.0 Å². The number of hydrogen-bond donors (Lipinski definition) is 1. The summed E-state index contributed by atoms with van der Waals surface area (Å²) in [7, 11) is 0. The van der Waals surface area contributed by atoms with E-state index in [0.717, 1.165) is 50.6 Å². The lowest BCUT2D eigenvalue weighted by atomic mass is 10.1. The van der Waals surface area contributed by atoms with E-state index in [4.69, 9.17) is 9.73 Å². The van der Waals surface area contributed by atoms with Crippen LogP contribution >= 0.6 is 24.0 Å². The minimum absolute atomic E-state index is 0. The van der Waals surface area contributed by atoms with Gasteiger partial charge in [-0.3, -0.25) is 9.89 Å². The SMILES string of the molecule is CCNC(=NCC1CCN(CC(F)(F)F)C1)N1CCC(Oc2ccccc2)CC1.I. The third kappa shape index (κ3) is 8.13. The second-order valence-corrected chi connectivity index (χ2v) is 7.82. The molecule has 9 heteroatoms. The second-order valence-electron chi connectivity index (χ2n) is 7.82. The molecule has 2 heterocycles. The van der Waals surface area contributed by atoms with Gasteiger partial charge in [0, 0.05) is 45.6 Å². The normalized spacial score (nSPS) is 21.4. The molecule has 30 heavy (non-hydrogen) atoms. The van der Waals surface area contributed by atoms with Gasteiger partial charge in [0.2, 0.25) is 0 Å². The molecular formula is C21H32F3IN4O. The lowest BCUT2D eigenvalue weighted by molar-refractivity contribution is -0.143. The number of alkyl halides is 3. The zero-order valence-corrected chi connectivity index (χ0v) is 19.7. The lowest BCUT2D eigenvalue weighted by Crippen LogP contribution is -2.47. The van der Waals surface area contributed by atoms with Gasteiger partial charge in [-0.2, -0.15) is 13.2 Å². The van der Waals surface area contributed by atoms with Crippen LogP contribution in [0.4, 0.5) is 13.2 Å². The molecule has 2 fully saturated rings. The monoisotopic (exact) mass is 540 g/mol. The van der Waals surface area contributed by atoms with Crippen LogP contribution < -0.4 is 10.1 Å². The standard InChI is InChI=1S/C21H31F3N4O.HI/c1-2-25-20(26-14-17-8-11-27(15-17)16-21(22,23)24)28-12-9-19(10-13-28)29-18-6-4-3-5-7-18;/h3-7,17,19H,2,8-16H2,1H3,(H,25,26);1H. The molecular weight excluding hydrogens is 508 g/mol. The van der Waals surface area contributed by atoms with Gasteiger partial charge in [0.25, 0.3) is 0 Å². The molecule has 0 spiro atoms. The van der Waals surface area contributed by atoms with Crippen LogP contribution in [-0.4, -0.2) is 73.9 Å². The summed E-state index contributed by atoms with van der Waals surface area (Å²) in [6.45, 7) is 5.22. The first-order valence-electron chi connectivity index (χ1n) is 10.5. The van der Waals surface area contributed by atoms with Crippen molar-refractivity contribution in [3.63, 3.8) is 0 Å². The van der Waals surface area contributed by atoms with Crippen LogP contribution in [-0.2, 0) is 0 Å². The minimum atomic E-state index is -4.13.